The highest BCUT2D eigenvalue weighted by atomic mass is 16.5. The van der Waals surface area contributed by atoms with Gasteiger partial charge in [0, 0.05) is 47.1 Å². The SMILES string of the molecule is C=CCN(C)c1ccc2cc3cc(-c4cc[n+](O)cc4)c(=O)oc3cc2c1. The van der Waals surface area contributed by atoms with E-state index in [2.05, 4.69) is 29.7 Å². The van der Waals surface area contributed by atoms with Crippen LogP contribution in [0.5, 0.6) is 0 Å². The van der Waals surface area contributed by atoms with Crippen molar-refractivity contribution < 1.29 is 14.4 Å². The van der Waals surface area contributed by atoms with Gasteiger partial charge in [-0.1, -0.05) is 12.1 Å². The van der Waals surface area contributed by atoms with E-state index in [1.807, 2.05) is 31.3 Å². The summed E-state index contributed by atoms with van der Waals surface area (Å²) in [7, 11) is 2.01. The summed E-state index contributed by atoms with van der Waals surface area (Å²) in [6, 6.07) is 15.3. The normalized spacial score (nSPS) is 11.0. The number of hydrogen-bond acceptors (Lipinski definition) is 4. The van der Waals surface area contributed by atoms with Gasteiger partial charge in [0.1, 0.15) is 5.58 Å². The van der Waals surface area contributed by atoms with Crippen LogP contribution >= 0.6 is 0 Å². The van der Waals surface area contributed by atoms with Gasteiger partial charge < -0.3 is 9.32 Å². The lowest BCUT2D eigenvalue weighted by atomic mass is 10.0. The van der Waals surface area contributed by atoms with E-state index in [1.54, 1.807) is 12.1 Å². The zero-order valence-corrected chi connectivity index (χ0v) is 14.9. The van der Waals surface area contributed by atoms with Gasteiger partial charge >= 0.3 is 5.63 Å². The van der Waals surface area contributed by atoms with E-state index in [-0.39, 0.29) is 0 Å². The Morgan fingerprint density at radius 2 is 1.85 bits per heavy atom. The van der Waals surface area contributed by atoms with Gasteiger partial charge in [0.25, 0.3) is 0 Å². The zero-order chi connectivity index (χ0) is 19.0. The summed E-state index contributed by atoms with van der Waals surface area (Å²) in [4.78, 5) is 14.6. The van der Waals surface area contributed by atoms with Gasteiger partial charge in [-0.2, -0.15) is 0 Å². The summed E-state index contributed by atoms with van der Waals surface area (Å²) in [6.07, 6.45) is 4.80. The van der Waals surface area contributed by atoms with E-state index in [0.717, 1.165) is 33.1 Å². The maximum atomic E-state index is 12.5. The van der Waals surface area contributed by atoms with Crippen LogP contribution in [0.2, 0.25) is 0 Å². The standard InChI is InChI=1S/C22H19N2O3/c1-3-8-23(2)19-5-4-16-11-18-13-20(15-6-9-24(26)10-7-15)22(25)27-21(18)14-17(16)12-19/h3-7,9-14,26H,1,8H2,2H3/q+1. The van der Waals surface area contributed by atoms with E-state index in [9.17, 15) is 10.0 Å². The number of likely N-dealkylation sites (N-methyl/N-ethyl adjacent to an activating group) is 1. The molecule has 0 saturated heterocycles. The van der Waals surface area contributed by atoms with Crippen LogP contribution in [0.1, 0.15) is 0 Å². The van der Waals surface area contributed by atoms with Gasteiger partial charge in [-0.25, -0.2) is 4.79 Å². The molecule has 0 saturated carbocycles. The van der Waals surface area contributed by atoms with Crippen LogP contribution in [0.25, 0.3) is 32.9 Å². The third-order valence-corrected chi connectivity index (χ3v) is 4.64. The molecule has 4 rings (SSSR count). The van der Waals surface area contributed by atoms with Crippen molar-refractivity contribution in [1.82, 2.24) is 0 Å². The first-order valence-electron chi connectivity index (χ1n) is 8.60. The molecule has 0 amide bonds. The molecule has 134 valence electrons. The number of nitrogens with zero attached hydrogens (tertiary/aromatic N) is 2. The lowest BCUT2D eigenvalue weighted by molar-refractivity contribution is -0.904. The van der Waals surface area contributed by atoms with Crippen LogP contribution in [0.15, 0.2) is 82.8 Å². The van der Waals surface area contributed by atoms with Crippen molar-refractivity contribution in [2.45, 2.75) is 0 Å². The first-order valence-corrected chi connectivity index (χ1v) is 8.60. The monoisotopic (exact) mass is 359 g/mol. The number of anilines is 1. The largest absolute Gasteiger partial charge is 0.422 e. The molecule has 0 aliphatic heterocycles. The zero-order valence-electron chi connectivity index (χ0n) is 14.9. The van der Waals surface area contributed by atoms with E-state index in [4.69, 9.17) is 4.42 Å². The molecular weight excluding hydrogens is 340 g/mol. The molecule has 0 bridgehead atoms. The Morgan fingerprint density at radius 1 is 1.07 bits per heavy atom. The number of benzene rings is 2. The number of rotatable bonds is 4. The molecule has 5 nitrogen and oxygen atoms in total. The molecule has 0 radical (unpaired) electrons. The van der Waals surface area contributed by atoms with Crippen LogP contribution < -0.4 is 15.3 Å². The molecule has 4 aromatic rings. The number of pyridine rings is 1. The molecule has 0 unspecified atom stereocenters. The maximum absolute atomic E-state index is 12.5. The van der Waals surface area contributed by atoms with Crippen molar-refractivity contribution in [3.63, 3.8) is 0 Å². The van der Waals surface area contributed by atoms with Crippen molar-refractivity contribution >= 4 is 27.4 Å². The Labute approximate surface area is 156 Å². The predicted molar refractivity (Wildman–Crippen MR) is 106 cm³/mol. The van der Waals surface area contributed by atoms with Crippen LogP contribution in [0, 0.1) is 0 Å². The van der Waals surface area contributed by atoms with E-state index >= 15 is 0 Å². The van der Waals surface area contributed by atoms with Gasteiger partial charge in [0.05, 0.1) is 5.56 Å². The molecule has 0 aliphatic carbocycles. The van der Waals surface area contributed by atoms with Gasteiger partial charge in [-0.15, -0.1) is 6.58 Å². The lowest BCUT2D eigenvalue weighted by Crippen LogP contribution is -2.27. The molecule has 0 fully saturated rings. The van der Waals surface area contributed by atoms with Crippen molar-refractivity contribution in [3.05, 3.63) is 84.0 Å². The number of aromatic nitrogens is 1. The molecule has 5 heteroatoms. The Morgan fingerprint density at radius 3 is 2.59 bits per heavy atom. The fourth-order valence-electron chi connectivity index (χ4n) is 3.19. The van der Waals surface area contributed by atoms with Crippen LogP contribution in [-0.4, -0.2) is 18.8 Å². The third kappa shape index (κ3) is 3.15. The Bertz CT molecular complexity index is 1210. The second-order valence-electron chi connectivity index (χ2n) is 6.51. The average Bonchev–Trinajstić information content (AvgIpc) is 2.66. The fourth-order valence-corrected chi connectivity index (χ4v) is 3.19. The topological polar surface area (TPSA) is 57.6 Å². The molecule has 2 heterocycles. The first kappa shape index (κ1) is 16.8. The van der Waals surface area contributed by atoms with E-state index in [0.29, 0.717) is 16.7 Å². The molecule has 2 aromatic heterocycles. The summed E-state index contributed by atoms with van der Waals surface area (Å²) in [6.45, 7) is 4.52. The Kier molecular flexibility index (Phi) is 4.12. The van der Waals surface area contributed by atoms with Gasteiger partial charge in [-0.05, 0) is 41.1 Å². The summed E-state index contributed by atoms with van der Waals surface area (Å²) in [5, 5.41) is 12.3. The fraction of sp³-hybridized carbons (Fsp3) is 0.0909. The van der Waals surface area contributed by atoms with Gasteiger partial charge in [0.2, 0.25) is 12.4 Å². The molecule has 27 heavy (non-hydrogen) atoms. The van der Waals surface area contributed by atoms with Crippen LogP contribution in [0.3, 0.4) is 0 Å². The highest BCUT2D eigenvalue weighted by Gasteiger charge is 2.11. The summed E-state index contributed by atoms with van der Waals surface area (Å²) >= 11 is 0. The smallest absolute Gasteiger partial charge is 0.344 e. The first-order chi connectivity index (χ1) is 13.0. The van der Waals surface area contributed by atoms with Gasteiger partial charge in [0.15, 0.2) is 0 Å². The van der Waals surface area contributed by atoms with Crippen molar-refractivity contribution in [3.8, 4) is 11.1 Å². The maximum Gasteiger partial charge on any atom is 0.344 e. The quantitative estimate of drug-likeness (QED) is 0.198. The van der Waals surface area contributed by atoms with Crippen LogP contribution in [0.4, 0.5) is 5.69 Å². The van der Waals surface area contributed by atoms with Crippen molar-refractivity contribution in [1.29, 1.82) is 0 Å². The van der Waals surface area contributed by atoms with Crippen molar-refractivity contribution in [2.24, 2.45) is 0 Å². The molecule has 0 atom stereocenters. The highest BCUT2D eigenvalue weighted by Crippen LogP contribution is 2.28. The van der Waals surface area contributed by atoms with E-state index in [1.165, 1.54) is 12.4 Å². The highest BCUT2D eigenvalue weighted by molar-refractivity contribution is 5.98. The minimum atomic E-state index is -0.405. The molecule has 2 aromatic carbocycles. The molecule has 1 N–H and O–H groups in total. The van der Waals surface area contributed by atoms with Gasteiger partial charge in [-0.3, -0.25) is 5.21 Å². The van der Waals surface area contributed by atoms with Crippen molar-refractivity contribution in [2.75, 3.05) is 18.5 Å². The van der Waals surface area contributed by atoms with E-state index < -0.39 is 5.63 Å². The summed E-state index contributed by atoms with van der Waals surface area (Å²) in [5.41, 5.74) is 2.37. The lowest BCUT2D eigenvalue weighted by Gasteiger charge is -2.17. The third-order valence-electron chi connectivity index (χ3n) is 4.64. The minimum Gasteiger partial charge on any atom is -0.422 e. The second kappa shape index (κ2) is 6.61. The molecule has 0 spiro atoms. The number of hydrogen-bond donors (Lipinski definition) is 1. The molecule has 0 aliphatic rings. The average molecular weight is 359 g/mol. The molecular formula is C22H19N2O3+. The predicted octanol–water partition coefficient (Wildman–Crippen LogP) is 3.76. The second-order valence-corrected chi connectivity index (χ2v) is 6.51. The minimum absolute atomic E-state index is 0.405. The summed E-state index contributed by atoms with van der Waals surface area (Å²) < 4.78 is 6.51. The Balaban J connectivity index is 1.86. The Hall–Kier alpha value is -3.60. The number of fused-ring (bicyclic) bond motifs is 2. The van der Waals surface area contributed by atoms with Crippen LogP contribution in [-0.2, 0) is 0 Å². The summed E-state index contributed by atoms with van der Waals surface area (Å²) in [5.74, 6) is 0.